The molecule has 0 saturated heterocycles. The highest BCUT2D eigenvalue weighted by molar-refractivity contribution is 6.76. The van der Waals surface area contributed by atoms with Crippen LogP contribution < -0.4 is 0 Å². The minimum Gasteiger partial charge on any atom is -0.474 e. The molecule has 0 aromatic heterocycles. The van der Waals surface area contributed by atoms with E-state index >= 15 is 0 Å². The van der Waals surface area contributed by atoms with Crippen molar-refractivity contribution in [3.63, 3.8) is 0 Å². The van der Waals surface area contributed by atoms with E-state index in [1.807, 2.05) is 0 Å². The van der Waals surface area contributed by atoms with E-state index in [1.54, 1.807) is 12.2 Å². The van der Waals surface area contributed by atoms with Gasteiger partial charge in [0.1, 0.15) is 12.7 Å². The quantitative estimate of drug-likeness (QED) is 0.153. The summed E-state index contributed by atoms with van der Waals surface area (Å²) < 4.78 is 6.50. The number of hydrogen-bond acceptors (Lipinski definition) is 4. The molecule has 0 aromatic carbocycles. The standard InChI is InChI=1S/C13H18Cl6N2O2/c1-2-3-4-6-9(23-11(21)13(17,18)19)7-5-8-22-10(20)12(14,15)16/h5,7,9,20-21H,2-4,6,8H2,1H3/b7-5+,20-10?,21-11?. The first-order valence-electron chi connectivity index (χ1n) is 6.76. The molecule has 0 saturated carbocycles. The lowest BCUT2D eigenvalue weighted by molar-refractivity contribution is 0.213. The molecule has 0 amide bonds. The van der Waals surface area contributed by atoms with Crippen LogP contribution in [0.1, 0.15) is 32.6 Å². The van der Waals surface area contributed by atoms with Gasteiger partial charge in [-0.1, -0.05) is 89.4 Å². The number of alkyl halides is 6. The van der Waals surface area contributed by atoms with Crippen LogP contribution in [0.25, 0.3) is 0 Å². The molecule has 0 fully saturated rings. The molecule has 0 radical (unpaired) electrons. The molecular formula is C13H18Cl6N2O2. The maximum atomic E-state index is 7.61. The highest BCUT2D eigenvalue weighted by Crippen LogP contribution is 2.29. The maximum Gasteiger partial charge on any atom is 0.265 e. The van der Waals surface area contributed by atoms with Crippen LogP contribution in [0.4, 0.5) is 0 Å². The molecule has 0 aliphatic heterocycles. The van der Waals surface area contributed by atoms with Crippen molar-refractivity contribution in [3.05, 3.63) is 12.2 Å². The molecule has 0 aliphatic rings. The van der Waals surface area contributed by atoms with E-state index in [0.717, 1.165) is 19.3 Å². The number of halogens is 6. The van der Waals surface area contributed by atoms with Crippen molar-refractivity contribution in [2.24, 2.45) is 0 Å². The van der Waals surface area contributed by atoms with Crippen LogP contribution in [-0.4, -0.2) is 32.1 Å². The lowest BCUT2D eigenvalue weighted by atomic mass is 10.1. The van der Waals surface area contributed by atoms with Crippen LogP contribution >= 0.6 is 69.6 Å². The predicted molar refractivity (Wildman–Crippen MR) is 100 cm³/mol. The number of nitrogens with one attached hydrogen (secondary N) is 2. The fourth-order valence-corrected chi connectivity index (χ4v) is 1.73. The van der Waals surface area contributed by atoms with Crippen LogP contribution in [0, 0.1) is 10.8 Å². The zero-order chi connectivity index (χ0) is 18.1. The van der Waals surface area contributed by atoms with Gasteiger partial charge in [-0.15, -0.1) is 0 Å². The van der Waals surface area contributed by atoms with Gasteiger partial charge in [-0.25, -0.2) is 0 Å². The molecule has 1 atom stereocenters. The van der Waals surface area contributed by atoms with E-state index in [1.165, 1.54) is 0 Å². The van der Waals surface area contributed by atoms with Crippen LogP contribution in [-0.2, 0) is 9.47 Å². The van der Waals surface area contributed by atoms with Gasteiger partial charge >= 0.3 is 0 Å². The van der Waals surface area contributed by atoms with E-state index in [0.29, 0.717) is 6.42 Å². The van der Waals surface area contributed by atoms with Crippen molar-refractivity contribution < 1.29 is 9.47 Å². The van der Waals surface area contributed by atoms with Gasteiger partial charge in [0.05, 0.1) is 0 Å². The Kier molecular flexibility index (Phi) is 11.3. The number of rotatable bonds is 8. The van der Waals surface area contributed by atoms with Gasteiger partial charge in [0.25, 0.3) is 7.59 Å². The fourth-order valence-electron chi connectivity index (χ4n) is 1.43. The number of unbranched alkanes of at least 4 members (excludes halogenated alkanes) is 2. The van der Waals surface area contributed by atoms with E-state index in [-0.39, 0.29) is 6.61 Å². The zero-order valence-corrected chi connectivity index (χ0v) is 16.9. The zero-order valence-electron chi connectivity index (χ0n) is 12.4. The minimum absolute atomic E-state index is 0.0154. The Morgan fingerprint density at radius 3 is 2.04 bits per heavy atom. The van der Waals surface area contributed by atoms with E-state index < -0.39 is 25.5 Å². The maximum absolute atomic E-state index is 7.61. The molecule has 2 N–H and O–H groups in total. The summed E-state index contributed by atoms with van der Waals surface area (Å²) in [5.41, 5.74) is 0. The fraction of sp³-hybridized carbons (Fsp3) is 0.692. The van der Waals surface area contributed by atoms with Crippen molar-refractivity contribution in [1.82, 2.24) is 0 Å². The molecule has 10 heteroatoms. The summed E-state index contributed by atoms with van der Waals surface area (Å²) in [4.78, 5) is 0. The summed E-state index contributed by atoms with van der Waals surface area (Å²) in [5.74, 6) is -0.937. The summed E-state index contributed by atoms with van der Waals surface area (Å²) >= 11 is 33.3. The lowest BCUT2D eigenvalue weighted by Gasteiger charge is -2.20. The van der Waals surface area contributed by atoms with Crippen molar-refractivity contribution in [2.75, 3.05) is 6.61 Å². The van der Waals surface area contributed by atoms with E-state index in [2.05, 4.69) is 6.92 Å². The molecule has 0 bridgehead atoms. The molecule has 0 aromatic rings. The van der Waals surface area contributed by atoms with Crippen molar-refractivity contribution in [2.45, 2.75) is 46.3 Å². The second kappa shape index (κ2) is 11.1. The Morgan fingerprint density at radius 2 is 1.57 bits per heavy atom. The number of ether oxygens (including phenoxy) is 2. The minimum atomic E-state index is -1.91. The highest BCUT2D eigenvalue weighted by atomic mass is 35.6. The average molecular weight is 447 g/mol. The van der Waals surface area contributed by atoms with Crippen molar-refractivity contribution in [3.8, 4) is 0 Å². The van der Waals surface area contributed by atoms with Gasteiger partial charge in [0.15, 0.2) is 0 Å². The topological polar surface area (TPSA) is 66.2 Å². The SMILES string of the molecule is CCCCCC(/C=C/COC(=N)C(Cl)(Cl)Cl)OC(=N)C(Cl)(Cl)Cl. The van der Waals surface area contributed by atoms with E-state index in [9.17, 15) is 0 Å². The molecule has 134 valence electrons. The Balaban J connectivity index is 4.53. The summed E-state index contributed by atoms with van der Waals surface area (Å²) in [5, 5.41) is 15.0. The third-order valence-corrected chi connectivity index (χ3v) is 3.58. The van der Waals surface area contributed by atoms with Crippen LogP contribution in [0.2, 0.25) is 0 Å². The van der Waals surface area contributed by atoms with Gasteiger partial charge < -0.3 is 9.47 Å². The third kappa shape index (κ3) is 11.6. The van der Waals surface area contributed by atoms with Gasteiger partial charge in [0.2, 0.25) is 11.8 Å². The summed E-state index contributed by atoms with van der Waals surface area (Å²) in [6.07, 6.45) is 6.40. The van der Waals surface area contributed by atoms with Crippen LogP contribution in [0.3, 0.4) is 0 Å². The molecule has 23 heavy (non-hydrogen) atoms. The largest absolute Gasteiger partial charge is 0.474 e. The van der Waals surface area contributed by atoms with E-state index in [4.69, 9.17) is 89.9 Å². The molecule has 0 rings (SSSR count). The molecule has 0 heterocycles. The second-order valence-electron chi connectivity index (χ2n) is 4.55. The Labute approximate surface area is 166 Å². The average Bonchev–Trinajstić information content (AvgIpc) is 2.40. The molecule has 0 spiro atoms. The normalized spacial score (nSPS) is 13.9. The van der Waals surface area contributed by atoms with Gasteiger partial charge in [0, 0.05) is 0 Å². The van der Waals surface area contributed by atoms with Crippen LogP contribution in [0.5, 0.6) is 0 Å². The first kappa shape index (κ1) is 23.4. The summed E-state index contributed by atoms with van der Waals surface area (Å²) in [6, 6.07) is 0. The first-order chi connectivity index (χ1) is 10.5. The third-order valence-electron chi connectivity index (χ3n) is 2.55. The summed E-state index contributed by atoms with van der Waals surface area (Å²) in [6.45, 7) is 2.09. The monoisotopic (exact) mass is 444 g/mol. The highest BCUT2D eigenvalue weighted by Gasteiger charge is 2.30. The van der Waals surface area contributed by atoms with Crippen molar-refractivity contribution >= 4 is 81.4 Å². The lowest BCUT2D eigenvalue weighted by Crippen LogP contribution is -2.26. The summed E-state index contributed by atoms with van der Waals surface area (Å²) in [7, 11) is 0. The van der Waals surface area contributed by atoms with Gasteiger partial charge in [-0.2, -0.15) is 0 Å². The second-order valence-corrected chi connectivity index (χ2v) is 9.11. The Hall–Kier alpha value is 0.420. The first-order valence-corrected chi connectivity index (χ1v) is 9.02. The smallest absolute Gasteiger partial charge is 0.265 e. The molecular weight excluding hydrogens is 429 g/mol. The molecule has 1 unspecified atom stereocenters. The van der Waals surface area contributed by atoms with Gasteiger partial charge in [-0.05, 0) is 25.0 Å². The Bertz CT molecular complexity index is 418. The molecule has 0 aliphatic carbocycles. The van der Waals surface area contributed by atoms with Crippen molar-refractivity contribution in [1.29, 1.82) is 10.8 Å². The molecule has 4 nitrogen and oxygen atoms in total. The Morgan fingerprint density at radius 1 is 1.00 bits per heavy atom. The number of hydrogen-bond donors (Lipinski definition) is 2. The predicted octanol–water partition coefficient (Wildman–Crippen LogP) is 6.22. The van der Waals surface area contributed by atoms with Gasteiger partial charge in [-0.3, -0.25) is 10.8 Å². The van der Waals surface area contributed by atoms with Crippen LogP contribution in [0.15, 0.2) is 12.2 Å².